The van der Waals surface area contributed by atoms with E-state index in [1.807, 2.05) is 49.4 Å². The Labute approximate surface area is 121 Å². The monoisotopic (exact) mass is 280 g/mol. The lowest BCUT2D eigenvalue weighted by molar-refractivity contribution is 1.21. The highest BCUT2D eigenvalue weighted by Crippen LogP contribution is 2.18. The normalized spacial score (nSPS) is 10.5. The van der Waals surface area contributed by atoms with Gasteiger partial charge in [0.25, 0.3) is 0 Å². The van der Waals surface area contributed by atoms with Gasteiger partial charge in [-0.3, -0.25) is 0 Å². The molecule has 3 rings (SSSR count). The van der Waals surface area contributed by atoms with Gasteiger partial charge >= 0.3 is 5.69 Å². The van der Waals surface area contributed by atoms with E-state index in [4.69, 9.17) is 0 Å². The molecule has 2 aromatic carbocycles. The van der Waals surface area contributed by atoms with Crippen LogP contribution in [0.15, 0.2) is 59.7 Å². The Bertz CT molecular complexity index is 860. The number of aryl methyl sites for hydroxylation is 1. The summed E-state index contributed by atoms with van der Waals surface area (Å²) in [6.07, 6.45) is 0. The van der Waals surface area contributed by atoms with Gasteiger partial charge in [0.15, 0.2) is 0 Å². The lowest BCUT2D eigenvalue weighted by Gasteiger charge is -2.14. The highest BCUT2D eigenvalue weighted by atomic mass is 16.1. The minimum Gasteiger partial charge on any atom is -0.342 e. The quantitative estimate of drug-likeness (QED) is 0.593. The zero-order chi connectivity index (χ0) is 14.8. The molecule has 0 spiro atoms. The highest BCUT2D eigenvalue weighted by molar-refractivity contribution is 5.79. The molecular formula is C16H16N4O. The van der Waals surface area contributed by atoms with E-state index in [0.29, 0.717) is 5.82 Å². The molecule has 5 heteroatoms. The molecule has 0 saturated carbocycles. The molecule has 0 amide bonds. The van der Waals surface area contributed by atoms with Crippen LogP contribution < -0.4 is 16.3 Å². The first-order chi connectivity index (χ1) is 10.1. The Morgan fingerprint density at radius 1 is 1.05 bits per heavy atom. The summed E-state index contributed by atoms with van der Waals surface area (Å²) in [4.78, 5) is 16.7. The number of anilines is 2. The van der Waals surface area contributed by atoms with Crippen molar-refractivity contribution in [3.05, 3.63) is 70.9 Å². The van der Waals surface area contributed by atoms with Crippen LogP contribution >= 0.6 is 0 Å². The van der Waals surface area contributed by atoms with Crippen LogP contribution in [0.1, 0.15) is 5.56 Å². The van der Waals surface area contributed by atoms with E-state index < -0.39 is 0 Å². The third kappa shape index (κ3) is 2.81. The molecule has 1 heterocycles. The molecule has 0 bridgehead atoms. The van der Waals surface area contributed by atoms with Crippen LogP contribution in [-0.2, 0) is 0 Å². The summed E-state index contributed by atoms with van der Waals surface area (Å²) in [7, 11) is 0. The number of imidazole rings is 1. The van der Waals surface area contributed by atoms with E-state index in [1.165, 1.54) is 0 Å². The molecule has 0 atom stereocenters. The number of H-pyrrole nitrogens is 2. The van der Waals surface area contributed by atoms with Gasteiger partial charge in [-0.05, 0) is 36.8 Å². The number of benzene rings is 2. The van der Waals surface area contributed by atoms with E-state index in [2.05, 4.69) is 27.2 Å². The average Bonchev–Trinajstić information content (AvgIpc) is 2.80. The fraction of sp³-hybridized carbons (Fsp3) is 0.0625. The lowest BCUT2D eigenvalue weighted by Crippen LogP contribution is -2.08. The van der Waals surface area contributed by atoms with Crippen molar-refractivity contribution in [3.63, 3.8) is 0 Å². The predicted octanol–water partition coefficient (Wildman–Crippen LogP) is 3.16. The Hall–Kier alpha value is -2.95. The van der Waals surface area contributed by atoms with Gasteiger partial charge in [-0.25, -0.2) is 4.79 Å². The van der Waals surface area contributed by atoms with Gasteiger partial charge in [-0.2, -0.15) is 0 Å². The maximum Gasteiger partial charge on any atom is 0.323 e. The van der Waals surface area contributed by atoms with Crippen LogP contribution in [0, 0.1) is 6.92 Å². The summed E-state index contributed by atoms with van der Waals surface area (Å²) < 4.78 is 0. The molecule has 1 aromatic heterocycles. The van der Waals surface area contributed by atoms with Crippen molar-refractivity contribution in [2.24, 2.45) is 0 Å². The van der Waals surface area contributed by atoms with Crippen LogP contribution in [0.2, 0.25) is 0 Å². The number of rotatable bonds is 4. The van der Waals surface area contributed by atoms with Crippen molar-refractivity contribution in [2.45, 2.75) is 6.92 Å². The average molecular weight is 280 g/mol. The molecule has 4 N–H and O–H groups in total. The summed E-state index contributed by atoms with van der Waals surface area (Å²) in [5.41, 5.74) is 4.33. The van der Waals surface area contributed by atoms with Crippen LogP contribution in [0.3, 0.4) is 0 Å². The number of hydrogen-bond donors (Lipinski definition) is 4. The maximum atomic E-state index is 11.2. The second-order valence-corrected chi connectivity index (χ2v) is 4.88. The van der Waals surface area contributed by atoms with Crippen molar-refractivity contribution >= 4 is 22.4 Å². The molecular weight excluding hydrogens is 264 g/mol. The fourth-order valence-corrected chi connectivity index (χ4v) is 2.19. The molecule has 0 aliphatic carbocycles. The summed E-state index contributed by atoms with van der Waals surface area (Å²) in [5.74, 6) is 0.668. The summed E-state index contributed by atoms with van der Waals surface area (Å²) in [6.45, 7) is 6.00. The van der Waals surface area contributed by atoms with Crippen molar-refractivity contribution < 1.29 is 0 Å². The number of aromatic nitrogens is 2. The van der Waals surface area contributed by atoms with Gasteiger partial charge < -0.3 is 20.6 Å². The Morgan fingerprint density at radius 2 is 1.81 bits per heavy atom. The predicted molar refractivity (Wildman–Crippen MR) is 86.5 cm³/mol. The van der Waals surface area contributed by atoms with Crippen molar-refractivity contribution in [2.75, 3.05) is 10.6 Å². The smallest absolute Gasteiger partial charge is 0.323 e. The zero-order valence-electron chi connectivity index (χ0n) is 11.7. The number of fused-ring (bicyclic) bond motifs is 1. The van der Waals surface area contributed by atoms with E-state index >= 15 is 0 Å². The fourth-order valence-electron chi connectivity index (χ4n) is 2.19. The summed E-state index contributed by atoms with van der Waals surface area (Å²) in [5, 5.41) is 6.40. The second kappa shape index (κ2) is 5.20. The van der Waals surface area contributed by atoms with Gasteiger partial charge in [-0.15, -0.1) is 0 Å². The first-order valence-corrected chi connectivity index (χ1v) is 6.62. The van der Waals surface area contributed by atoms with Crippen molar-refractivity contribution in [3.8, 4) is 0 Å². The number of nitrogens with one attached hydrogen (secondary N) is 4. The molecule has 0 saturated heterocycles. The van der Waals surface area contributed by atoms with E-state index in [-0.39, 0.29) is 5.69 Å². The lowest BCUT2D eigenvalue weighted by atomic mass is 10.2. The minimum absolute atomic E-state index is 0.209. The van der Waals surface area contributed by atoms with Crippen LogP contribution in [-0.4, -0.2) is 9.97 Å². The van der Waals surface area contributed by atoms with Crippen LogP contribution in [0.25, 0.3) is 11.0 Å². The van der Waals surface area contributed by atoms with Gasteiger partial charge in [0.2, 0.25) is 0 Å². The third-order valence-corrected chi connectivity index (χ3v) is 3.24. The van der Waals surface area contributed by atoms with E-state index in [1.54, 1.807) is 0 Å². The van der Waals surface area contributed by atoms with Gasteiger partial charge in [0.1, 0.15) is 5.82 Å². The number of hydrogen-bond acceptors (Lipinski definition) is 3. The van der Waals surface area contributed by atoms with E-state index in [9.17, 15) is 4.79 Å². The molecule has 0 unspecified atom stereocenters. The first-order valence-electron chi connectivity index (χ1n) is 6.62. The summed E-state index contributed by atoms with van der Waals surface area (Å²) in [6, 6.07) is 13.6. The van der Waals surface area contributed by atoms with Crippen LogP contribution in [0.4, 0.5) is 11.4 Å². The van der Waals surface area contributed by atoms with Crippen molar-refractivity contribution in [1.82, 2.24) is 9.97 Å². The third-order valence-electron chi connectivity index (χ3n) is 3.24. The largest absolute Gasteiger partial charge is 0.342 e. The van der Waals surface area contributed by atoms with Gasteiger partial charge in [0, 0.05) is 11.4 Å². The molecule has 0 fully saturated rings. The van der Waals surface area contributed by atoms with Crippen molar-refractivity contribution in [1.29, 1.82) is 0 Å². The maximum absolute atomic E-state index is 11.2. The zero-order valence-corrected chi connectivity index (χ0v) is 11.7. The standard InChI is InChI=1S/C16H16N4O/c1-10-5-3-4-6-13(10)18-11(2)17-12-7-8-14-15(9-12)20-16(21)19-14/h3-9,17-18H,2H2,1H3,(H2,19,20,21). The minimum atomic E-state index is -0.209. The van der Waals surface area contributed by atoms with Gasteiger partial charge in [0.05, 0.1) is 11.0 Å². The Kier molecular flexibility index (Phi) is 3.23. The molecule has 5 nitrogen and oxygen atoms in total. The molecule has 106 valence electrons. The molecule has 21 heavy (non-hydrogen) atoms. The first kappa shape index (κ1) is 13.1. The molecule has 3 aromatic rings. The summed E-state index contributed by atoms with van der Waals surface area (Å²) >= 11 is 0. The van der Waals surface area contributed by atoms with E-state index in [0.717, 1.165) is 28.0 Å². The highest BCUT2D eigenvalue weighted by Gasteiger charge is 2.02. The topological polar surface area (TPSA) is 72.7 Å². The van der Waals surface area contributed by atoms with Gasteiger partial charge in [-0.1, -0.05) is 24.8 Å². The van der Waals surface area contributed by atoms with Crippen LogP contribution in [0.5, 0.6) is 0 Å². The Balaban J connectivity index is 1.77. The number of para-hydroxylation sites is 1. The second-order valence-electron chi connectivity index (χ2n) is 4.88. The molecule has 0 aliphatic heterocycles. The molecule has 0 radical (unpaired) electrons. The Morgan fingerprint density at radius 3 is 2.62 bits per heavy atom. The number of aromatic amines is 2. The SMILES string of the molecule is C=C(Nc1ccc2[nH]c(=O)[nH]c2c1)Nc1ccccc1C. The molecule has 0 aliphatic rings.